The number of carbonyl (C=O) groups is 1. The van der Waals surface area contributed by atoms with Crippen molar-refractivity contribution >= 4 is 27.3 Å². The van der Waals surface area contributed by atoms with Gasteiger partial charge in [-0.25, -0.2) is 12.8 Å². The van der Waals surface area contributed by atoms with Gasteiger partial charge in [0.05, 0.1) is 11.9 Å². The van der Waals surface area contributed by atoms with E-state index in [0.29, 0.717) is 17.7 Å². The molecule has 0 aromatic heterocycles. The molecule has 0 spiro atoms. The maximum absolute atomic E-state index is 13.9. The molecule has 1 aliphatic rings. The van der Waals surface area contributed by atoms with Crippen LogP contribution in [0.3, 0.4) is 0 Å². The van der Waals surface area contributed by atoms with Gasteiger partial charge < -0.3 is 10.1 Å². The quantitative estimate of drug-likeness (QED) is 0.736. The Morgan fingerprint density at radius 3 is 2.55 bits per heavy atom. The molecule has 1 amide bonds. The molecule has 0 atom stereocenters. The van der Waals surface area contributed by atoms with Crippen molar-refractivity contribution in [3.05, 3.63) is 53.3 Å². The predicted molar refractivity (Wildman–Crippen MR) is 98.2 cm³/mol. The first-order chi connectivity index (χ1) is 13.4. The normalized spacial score (nSPS) is 13.9. The molecule has 156 valence electrons. The second-order valence-electron chi connectivity index (χ2n) is 6.43. The number of sulfonamides is 1. The molecule has 1 heterocycles. The molecule has 0 aliphatic carbocycles. The Labute approximate surface area is 164 Å². The van der Waals surface area contributed by atoms with Crippen LogP contribution in [-0.2, 0) is 16.4 Å². The lowest BCUT2D eigenvalue weighted by Crippen LogP contribution is -2.27. The third-order valence-corrected chi connectivity index (χ3v) is 5.36. The highest BCUT2D eigenvalue weighted by Gasteiger charge is 2.29. The van der Waals surface area contributed by atoms with E-state index < -0.39 is 40.3 Å². The molecule has 0 fully saturated rings. The molecule has 0 saturated heterocycles. The topological polar surface area (TPSA) is 75.7 Å². The van der Waals surface area contributed by atoms with E-state index in [2.05, 4.69) is 10.1 Å². The lowest BCUT2D eigenvalue weighted by Gasteiger charge is -2.16. The van der Waals surface area contributed by atoms with Gasteiger partial charge in [-0.3, -0.25) is 9.10 Å². The molecule has 0 radical (unpaired) electrons. The van der Waals surface area contributed by atoms with E-state index in [-0.39, 0.29) is 17.8 Å². The number of nitrogens with one attached hydrogen (secondary N) is 1. The van der Waals surface area contributed by atoms with Gasteiger partial charge in [-0.2, -0.15) is 13.2 Å². The van der Waals surface area contributed by atoms with Crippen LogP contribution in [0, 0.1) is 5.82 Å². The number of nitrogens with zero attached hydrogens (tertiary/aromatic N) is 1. The van der Waals surface area contributed by atoms with Crippen LogP contribution < -0.4 is 14.4 Å². The van der Waals surface area contributed by atoms with E-state index in [9.17, 15) is 30.8 Å². The summed E-state index contributed by atoms with van der Waals surface area (Å²) in [5.74, 6) is -2.21. The smallest absolute Gasteiger partial charge is 0.422 e. The number of hydrogen-bond donors (Lipinski definition) is 1. The summed E-state index contributed by atoms with van der Waals surface area (Å²) < 4.78 is 79.5. The summed E-state index contributed by atoms with van der Waals surface area (Å²) in [6, 6.07) is 7.56. The monoisotopic (exact) mass is 432 g/mol. The number of hydrogen-bond acceptors (Lipinski definition) is 4. The summed E-state index contributed by atoms with van der Waals surface area (Å²) >= 11 is 0. The van der Waals surface area contributed by atoms with E-state index in [1.807, 2.05) is 0 Å². The molecule has 6 nitrogen and oxygen atoms in total. The maximum atomic E-state index is 13.9. The van der Waals surface area contributed by atoms with Gasteiger partial charge in [0.25, 0.3) is 5.91 Å². The SMILES string of the molecule is CS(=O)(=O)N1CCc2cc(C(=O)Nc3ccc(OCC(F)(F)F)c(F)c3)ccc21. The van der Waals surface area contributed by atoms with Crippen LogP contribution in [-0.4, -0.2) is 39.9 Å². The van der Waals surface area contributed by atoms with E-state index in [1.165, 1.54) is 22.5 Å². The van der Waals surface area contributed by atoms with Crippen molar-refractivity contribution in [3.8, 4) is 5.75 Å². The minimum atomic E-state index is -4.60. The molecule has 2 aromatic rings. The zero-order chi connectivity index (χ0) is 21.4. The van der Waals surface area contributed by atoms with Gasteiger partial charge in [-0.15, -0.1) is 0 Å². The number of fused-ring (bicyclic) bond motifs is 1. The summed E-state index contributed by atoms with van der Waals surface area (Å²) in [7, 11) is -3.41. The molecule has 2 aromatic carbocycles. The van der Waals surface area contributed by atoms with Crippen LogP contribution in [0.5, 0.6) is 5.75 Å². The molecule has 0 unspecified atom stereocenters. The Morgan fingerprint density at radius 2 is 1.93 bits per heavy atom. The van der Waals surface area contributed by atoms with Crippen molar-refractivity contribution in [2.75, 3.05) is 29.0 Å². The fourth-order valence-electron chi connectivity index (χ4n) is 2.92. The van der Waals surface area contributed by atoms with Crippen molar-refractivity contribution in [2.45, 2.75) is 12.6 Å². The Bertz CT molecular complexity index is 1050. The van der Waals surface area contributed by atoms with Crippen LogP contribution in [0.15, 0.2) is 36.4 Å². The van der Waals surface area contributed by atoms with Gasteiger partial charge in [-0.05, 0) is 42.3 Å². The highest BCUT2D eigenvalue weighted by Crippen LogP contribution is 2.31. The molecule has 3 rings (SSSR count). The van der Waals surface area contributed by atoms with Crippen LogP contribution in [0.4, 0.5) is 28.9 Å². The van der Waals surface area contributed by atoms with Gasteiger partial charge in [-0.1, -0.05) is 0 Å². The van der Waals surface area contributed by atoms with Crippen LogP contribution in [0.2, 0.25) is 0 Å². The van der Waals surface area contributed by atoms with Crippen LogP contribution in [0.25, 0.3) is 0 Å². The Balaban J connectivity index is 1.72. The van der Waals surface area contributed by atoms with E-state index >= 15 is 0 Å². The zero-order valence-electron chi connectivity index (χ0n) is 15.1. The van der Waals surface area contributed by atoms with Gasteiger partial charge in [0.1, 0.15) is 0 Å². The molecule has 0 saturated carbocycles. The van der Waals surface area contributed by atoms with Crippen molar-refractivity contribution in [1.82, 2.24) is 0 Å². The fourth-order valence-corrected chi connectivity index (χ4v) is 3.87. The number of alkyl halides is 3. The minimum absolute atomic E-state index is 0.0325. The average Bonchev–Trinajstić information content (AvgIpc) is 3.03. The highest BCUT2D eigenvalue weighted by molar-refractivity contribution is 7.92. The molecule has 11 heteroatoms. The number of ether oxygens (including phenoxy) is 1. The van der Waals surface area contributed by atoms with E-state index in [0.717, 1.165) is 18.4 Å². The number of carbonyl (C=O) groups excluding carboxylic acids is 1. The number of anilines is 2. The summed E-state index contributed by atoms with van der Waals surface area (Å²) in [6.07, 6.45) is -3.05. The number of benzene rings is 2. The second kappa shape index (κ2) is 7.54. The highest BCUT2D eigenvalue weighted by atomic mass is 32.2. The third-order valence-electron chi connectivity index (χ3n) is 4.18. The van der Waals surface area contributed by atoms with Crippen LogP contribution in [0.1, 0.15) is 15.9 Å². The molecule has 1 N–H and O–H groups in total. The molecule has 0 bridgehead atoms. The number of halogens is 4. The lowest BCUT2D eigenvalue weighted by molar-refractivity contribution is -0.153. The predicted octanol–water partition coefficient (Wildman–Crippen LogP) is 3.34. The maximum Gasteiger partial charge on any atom is 0.422 e. The van der Waals surface area contributed by atoms with Crippen molar-refractivity contribution in [2.24, 2.45) is 0 Å². The molecular weight excluding hydrogens is 416 g/mol. The molecule has 1 aliphatic heterocycles. The Hall–Kier alpha value is -2.82. The second-order valence-corrected chi connectivity index (χ2v) is 8.34. The van der Waals surface area contributed by atoms with E-state index in [1.54, 1.807) is 6.07 Å². The molecule has 29 heavy (non-hydrogen) atoms. The summed E-state index contributed by atoms with van der Waals surface area (Å²) in [4.78, 5) is 12.4. The third kappa shape index (κ3) is 4.97. The lowest BCUT2D eigenvalue weighted by atomic mass is 10.1. The molecular formula is C18H16F4N2O4S. The summed E-state index contributed by atoms with van der Waals surface area (Å²) in [5, 5.41) is 2.44. The van der Waals surface area contributed by atoms with Gasteiger partial charge >= 0.3 is 6.18 Å². The average molecular weight is 432 g/mol. The standard InChI is InChI=1S/C18H16F4N2O4S/c1-29(26,27)24-7-6-11-8-12(2-4-15(11)24)17(25)23-13-3-5-16(14(19)9-13)28-10-18(20,21)22/h2-5,8-9H,6-7,10H2,1H3,(H,23,25). The van der Waals surface area contributed by atoms with E-state index in [4.69, 9.17) is 0 Å². The minimum Gasteiger partial charge on any atom is -0.481 e. The fraction of sp³-hybridized carbons (Fsp3) is 0.278. The van der Waals surface area contributed by atoms with Crippen LogP contribution >= 0.6 is 0 Å². The van der Waals surface area contributed by atoms with Crippen molar-refractivity contribution < 1.29 is 35.5 Å². The first-order valence-electron chi connectivity index (χ1n) is 8.35. The number of rotatable bonds is 5. The first-order valence-corrected chi connectivity index (χ1v) is 10.2. The largest absolute Gasteiger partial charge is 0.481 e. The van der Waals surface area contributed by atoms with Gasteiger partial charge in [0, 0.05) is 23.9 Å². The summed E-state index contributed by atoms with van der Waals surface area (Å²) in [5.41, 5.74) is 1.45. The van der Waals surface area contributed by atoms with Crippen molar-refractivity contribution in [1.29, 1.82) is 0 Å². The van der Waals surface area contributed by atoms with Crippen molar-refractivity contribution in [3.63, 3.8) is 0 Å². The summed E-state index contributed by atoms with van der Waals surface area (Å²) in [6.45, 7) is -1.35. The Morgan fingerprint density at radius 1 is 1.21 bits per heavy atom. The van der Waals surface area contributed by atoms with Gasteiger partial charge in [0.2, 0.25) is 10.0 Å². The Kier molecular flexibility index (Phi) is 5.44. The number of amides is 1. The first kappa shape index (κ1) is 20.9. The zero-order valence-corrected chi connectivity index (χ0v) is 15.9. The van der Waals surface area contributed by atoms with Gasteiger partial charge in [0.15, 0.2) is 18.2 Å².